The number of esters is 2. The molecule has 0 bridgehead atoms. The molecule has 0 heterocycles. The Kier molecular flexibility index (Phi) is 54.1. The summed E-state index contributed by atoms with van der Waals surface area (Å²) in [6.45, 7) is 4.15. The number of hydrogen-bond acceptors (Lipinski definition) is 7. The van der Waals surface area contributed by atoms with Crippen molar-refractivity contribution in [2.45, 2.75) is 213 Å². The molecule has 0 aromatic heterocycles. The van der Waals surface area contributed by atoms with Gasteiger partial charge in [0, 0.05) is 12.8 Å². The molecule has 9 nitrogen and oxygen atoms in total. The molecular formula is C68H111NO8P+. The van der Waals surface area contributed by atoms with Crippen molar-refractivity contribution in [3.63, 3.8) is 0 Å². The largest absolute Gasteiger partial charge is 0.472 e. The lowest BCUT2D eigenvalue weighted by Gasteiger charge is -2.24. The van der Waals surface area contributed by atoms with Crippen molar-refractivity contribution in [3.8, 4) is 0 Å². The maximum Gasteiger partial charge on any atom is 0.472 e. The molecule has 0 aliphatic rings. The Morgan fingerprint density at radius 2 is 0.692 bits per heavy atom. The van der Waals surface area contributed by atoms with Gasteiger partial charge in [-0.25, -0.2) is 4.57 Å². The first kappa shape index (κ1) is 73.6. The van der Waals surface area contributed by atoms with E-state index in [0.29, 0.717) is 17.4 Å². The molecule has 0 aliphatic heterocycles. The first-order chi connectivity index (χ1) is 38.0. The van der Waals surface area contributed by atoms with Crippen LogP contribution in [0.15, 0.2) is 158 Å². The predicted octanol–water partition coefficient (Wildman–Crippen LogP) is 19.3. The molecule has 10 heteroatoms. The van der Waals surface area contributed by atoms with Crippen LogP contribution in [0.5, 0.6) is 0 Å². The van der Waals surface area contributed by atoms with E-state index in [1.807, 2.05) is 21.1 Å². The van der Waals surface area contributed by atoms with Gasteiger partial charge >= 0.3 is 19.8 Å². The molecule has 2 atom stereocenters. The number of hydrogen-bond donors (Lipinski definition) is 1. The fourth-order valence-electron chi connectivity index (χ4n) is 7.47. The number of phosphoric acid groups is 1. The summed E-state index contributed by atoms with van der Waals surface area (Å²) in [6, 6.07) is 0. The minimum Gasteiger partial charge on any atom is -0.462 e. The highest BCUT2D eigenvalue weighted by molar-refractivity contribution is 7.47. The van der Waals surface area contributed by atoms with Crippen molar-refractivity contribution in [1.29, 1.82) is 0 Å². The van der Waals surface area contributed by atoms with Gasteiger partial charge in [-0.15, -0.1) is 0 Å². The van der Waals surface area contributed by atoms with E-state index in [4.69, 9.17) is 18.5 Å². The normalized spacial score (nSPS) is 14.4. The van der Waals surface area contributed by atoms with Crippen LogP contribution >= 0.6 is 7.82 Å². The SMILES string of the molecule is CC/C=C\C/C=C\C/C=C\C/C=C\C/C=C\C/C=C\C/C=C\C/C=C\C/C=C\C/C=C\CCCCCCCCC(=O)OC(COC(=O)CCCCCCCCC/C=C\C/C=C\C/C=C\CC)COP(=O)(O)OCC[N+](C)(C)C. The number of ether oxygens (including phenoxy) is 2. The average Bonchev–Trinajstić information content (AvgIpc) is 3.41. The molecule has 0 fully saturated rings. The molecule has 0 spiro atoms. The zero-order valence-corrected chi connectivity index (χ0v) is 50.7. The van der Waals surface area contributed by atoms with E-state index in [9.17, 15) is 19.0 Å². The second-order valence-corrected chi connectivity index (χ2v) is 22.1. The van der Waals surface area contributed by atoms with Crippen molar-refractivity contribution in [1.82, 2.24) is 0 Å². The van der Waals surface area contributed by atoms with Gasteiger partial charge in [0.25, 0.3) is 0 Å². The maximum atomic E-state index is 12.8. The maximum absolute atomic E-state index is 12.8. The Bertz CT molecular complexity index is 1870. The lowest BCUT2D eigenvalue weighted by atomic mass is 10.1. The quantitative estimate of drug-likeness (QED) is 0.0211. The summed E-state index contributed by atoms with van der Waals surface area (Å²) in [6.07, 6.45) is 86.0. The van der Waals surface area contributed by atoms with Crippen LogP contribution in [0.25, 0.3) is 0 Å². The summed E-state index contributed by atoms with van der Waals surface area (Å²) in [5, 5.41) is 0. The molecule has 78 heavy (non-hydrogen) atoms. The standard InChI is InChI=1S/C68H110NO8P/c1-6-8-10-12-14-16-18-20-22-24-25-26-27-28-29-30-31-32-33-34-35-36-37-38-39-40-41-42-43-45-47-49-51-53-55-57-59-61-68(71)77-66(65-76-78(72,73)75-63-62-69(3,4)5)64-74-67(70)60-58-56-54-52-50-48-46-44-23-21-19-17-15-13-11-9-7-2/h8-11,14-17,20-23,25-26,28-29,31-32,34-35,37-38,40-41,43,45,66H,6-7,12-13,18-19,24,27,30,33,36,39,42,44,46-65H2,1-5H3/p+1/b10-8-,11-9-,16-14-,17-15-,22-20-,23-21-,26-25-,29-28-,32-31-,35-34-,38-37-,41-40-,45-43-. The minimum atomic E-state index is -4.40. The third kappa shape index (κ3) is 60.9. The zero-order valence-electron chi connectivity index (χ0n) is 49.8. The van der Waals surface area contributed by atoms with Gasteiger partial charge in [0.05, 0.1) is 27.7 Å². The van der Waals surface area contributed by atoms with Crippen LogP contribution in [0, 0.1) is 0 Å². The number of likely N-dealkylation sites (N-methyl/N-ethyl adjacent to an activating group) is 1. The van der Waals surface area contributed by atoms with Gasteiger partial charge < -0.3 is 18.9 Å². The Morgan fingerprint density at radius 1 is 0.397 bits per heavy atom. The van der Waals surface area contributed by atoms with E-state index in [1.54, 1.807) is 0 Å². The lowest BCUT2D eigenvalue weighted by molar-refractivity contribution is -0.870. The van der Waals surface area contributed by atoms with E-state index in [1.165, 1.54) is 19.3 Å². The van der Waals surface area contributed by atoms with Gasteiger partial charge in [-0.3, -0.25) is 18.6 Å². The van der Waals surface area contributed by atoms with E-state index in [-0.39, 0.29) is 32.0 Å². The van der Waals surface area contributed by atoms with Crippen molar-refractivity contribution in [3.05, 3.63) is 158 Å². The molecule has 0 amide bonds. The molecule has 0 aliphatic carbocycles. The summed E-state index contributed by atoms with van der Waals surface area (Å²) in [4.78, 5) is 35.7. The molecule has 0 aromatic carbocycles. The van der Waals surface area contributed by atoms with Gasteiger partial charge in [0.2, 0.25) is 0 Å². The minimum absolute atomic E-state index is 0.0178. The van der Waals surface area contributed by atoms with Crippen molar-refractivity contribution in [2.75, 3.05) is 47.5 Å². The highest BCUT2D eigenvalue weighted by Gasteiger charge is 2.27. The van der Waals surface area contributed by atoms with Crippen LogP contribution < -0.4 is 0 Å². The lowest BCUT2D eigenvalue weighted by Crippen LogP contribution is -2.37. The molecule has 0 aromatic rings. The molecule has 0 saturated heterocycles. The molecule has 0 radical (unpaired) electrons. The molecule has 0 saturated carbocycles. The molecule has 440 valence electrons. The molecule has 1 N–H and O–H groups in total. The summed E-state index contributed by atoms with van der Waals surface area (Å²) in [7, 11) is 1.44. The smallest absolute Gasteiger partial charge is 0.462 e. The Balaban J connectivity index is 4.21. The van der Waals surface area contributed by atoms with Crippen LogP contribution in [0.4, 0.5) is 0 Å². The van der Waals surface area contributed by atoms with E-state index in [0.717, 1.165) is 154 Å². The second-order valence-electron chi connectivity index (χ2n) is 20.6. The number of rotatable bonds is 53. The summed E-state index contributed by atoms with van der Waals surface area (Å²) in [5.74, 6) is -0.839. The Hall–Kier alpha value is -4.37. The van der Waals surface area contributed by atoms with Crippen molar-refractivity contribution < 1.29 is 42.1 Å². The molecule has 0 rings (SSSR count). The third-order valence-corrected chi connectivity index (χ3v) is 13.0. The summed E-state index contributed by atoms with van der Waals surface area (Å²) in [5.41, 5.74) is 0. The fourth-order valence-corrected chi connectivity index (χ4v) is 8.21. The highest BCUT2D eigenvalue weighted by atomic mass is 31.2. The van der Waals surface area contributed by atoms with Gasteiger partial charge in [0.1, 0.15) is 19.8 Å². The number of unbranched alkanes of at least 4 members (excludes halogenated alkanes) is 13. The second kappa shape index (κ2) is 57.3. The van der Waals surface area contributed by atoms with E-state index < -0.39 is 26.5 Å². The van der Waals surface area contributed by atoms with Gasteiger partial charge in [-0.2, -0.15) is 0 Å². The number of allylic oxidation sites excluding steroid dienone is 26. The van der Waals surface area contributed by atoms with Gasteiger partial charge in [-0.05, 0) is 122 Å². The van der Waals surface area contributed by atoms with Crippen LogP contribution in [-0.2, 0) is 32.7 Å². The topological polar surface area (TPSA) is 108 Å². The number of carbonyl (C=O) groups is 2. The molecule has 2 unspecified atom stereocenters. The first-order valence-electron chi connectivity index (χ1n) is 30.2. The Morgan fingerprint density at radius 3 is 1.03 bits per heavy atom. The first-order valence-corrected chi connectivity index (χ1v) is 31.7. The van der Waals surface area contributed by atoms with Crippen LogP contribution in [0.2, 0.25) is 0 Å². The average molecular weight is 1100 g/mol. The van der Waals surface area contributed by atoms with Gasteiger partial charge in [0.15, 0.2) is 6.10 Å². The van der Waals surface area contributed by atoms with E-state index >= 15 is 0 Å². The van der Waals surface area contributed by atoms with Crippen LogP contribution in [0.1, 0.15) is 206 Å². The molecular weight excluding hydrogens is 990 g/mol. The van der Waals surface area contributed by atoms with Crippen molar-refractivity contribution >= 4 is 19.8 Å². The zero-order chi connectivity index (χ0) is 57.0. The fraction of sp³-hybridized carbons (Fsp3) is 0.588. The van der Waals surface area contributed by atoms with Crippen molar-refractivity contribution in [2.24, 2.45) is 0 Å². The predicted molar refractivity (Wildman–Crippen MR) is 334 cm³/mol. The monoisotopic (exact) mass is 1100 g/mol. The number of quaternary nitrogens is 1. The highest BCUT2D eigenvalue weighted by Crippen LogP contribution is 2.43. The van der Waals surface area contributed by atoms with Crippen LogP contribution in [0.3, 0.4) is 0 Å². The third-order valence-electron chi connectivity index (χ3n) is 12.1. The van der Waals surface area contributed by atoms with Crippen LogP contribution in [-0.4, -0.2) is 74.9 Å². The Labute approximate surface area is 477 Å². The number of phosphoric ester groups is 1. The number of nitrogens with zero attached hydrogens (tertiary/aromatic N) is 1. The summed E-state index contributed by atoms with van der Waals surface area (Å²) >= 11 is 0. The van der Waals surface area contributed by atoms with Gasteiger partial charge in [-0.1, -0.05) is 230 Å². The summed E-state index contributed by atoms with van der Waals surface area (Å²) < 4.78 is 34.5. The van der Waals surface area contributed by atoms with E-state index in [2.05, 4.69) is 172 Å². The number of carbonyl (C=O) groups excluding carboxylic acids is 2.